The summed E-state index contributed by atoms with van der Waals surface area (Å²) in [6.07, 6.45) is 6.13. The summed E-state index contributed by atoms with van der Waals surface area (Å²) in [5, 5.41) is 2.74. The highest BCUT2D eigenvalue weighted by atomic mass is 16.5. The smallest absolute Gasteiger partial charge is 0.407 e. The molecule has 0 spiro atoms. The maximum Gasteiger partial charge on any atom is 0.407 e. The predicted molar refractivity (Wildman–Crippen MR) is 101 cm³/mol. The van der Waals surface area contributed by atoms with Gasteiger partial charge >= 0.3 is 6.09 Å². The molecular formula is C20H24N4O3. The zero-order valence-electron chi connectivity index (χ0n) is 15.6. The van der Waals surface area contributed by atoms with Crippen molar-refractivity contribution in [3.05, 3.63) is 47.8 Å². The van der Waals surface area contributed by atoms with Gasteiger partial charge in [0.15, 0.2) is 0 Å². The highest BCUT2D eigenvalue weighted by Crippen LogP contribution is 2.39. The van der Waals surface area contributed by atoms with Crippen LogP contribution >= 0.6 is 0 Å². The molecule has 1 atom stereocenters. The molecule has 2 aromatic rings. The Morgan fingerprint density at radius 1 is 1.19 bits per heavy atom. The first-order chi connectivity index (χ1) is 13.1. The number of alkyl carbamates (subject to hydrolysis) is 1. The van der Waals surface area contributed by atoms with Gasteiger partial charge in [-0.1, -0.05) is 12.1 Å². The number of rotatable bonds is 6. The van der Waals surface area contributed by atoms with E-state index >= 15 is 0 Å². The molecule has 1 amide bonds. The minimum absolute atomic E-state index is 0.124. The maximum atomic E-state index is 11.3. The molecule has 27 heavy (non-hydrogen) atoms. The minimum atomic E-state index is -0.440. The Balaban J connectivity index is 1.26. The molecule has 1 aliphatic heterocycles. The van der Waals surface area contributed by atoms with Crippen LogP contribution in [0.5, 0.6) is 5.75 Å². The van der Waals surface area contributed by atoms with Crippen LogP contribution in [0.1, 0.15) is 42.9 Å². The van der Waals surface area contributed by atoms with E-state index in [1.54, 1.807) is 0 Å². The fourth-order valence-electron chi connectivity index (χ4n) is 3.14. The number of carbonyl (C=O) groups is 1. The van der Waals surface area contributed by atoms with Crippen LogP contribution in [0.4, 0.5) is 10.7 Å². The van der Waals surface area contributed by atoms with Crippen molar-refractivity contribution in [2.45, 2.75) is 37.8 Å². The van der Waals surface area contributed by atoms with Crippen molar-refractivity contribution in [1.29, 1.82) is 0 Å². The second-order valence-corrected chi connectivity index (χ2v) is 7.16. The van der Waals surface area contributed by atoms with Crippen LogP contribution < -0.4 is 15.0 Å². The van der Waals surface area contributed by atoms with Gasteiger partial charge in [-0.05, 0) is 48.9 Å². The molecule has 0 unspecified atom stereocenters. The van der Waals surface area contributed by atoms with E-state index in [1.165, 1.54) is 25.5 Å². The maximum absolute atomic E-state index is 11.3. The molecule has 1 N–H and O–H groups in total. The Labute approximate surface area is 158 Å². The Kier molecular flexibility index (Phi) is 4.83. The average molecular weight is 368 g/mol. The lowest BCUT2D eigenvalue weighted by molar-refractivity contribution is 0.166. The Morgan fingerprint density at radius 2 is 1.85 bits per heavy atom. The number of nitrogens with zero attached hydrogens (tertiary/aromatic N) is 3. The van der Waals surface area contributed by atoms with Gasteiger partial charge in [0.1, 0.15) is 11.9 Å². The van der Waals surface area contributed by atoms with E-state index in [0.29, 0.717) is 5.92 Å². The number of hydrogen-bond acceptors (Lipinski definition) is 6. The third kappa shape index (κ3) is 4.13. The predicted octanol–water partition coefficient (Wildman–Crippen LogP) is 3.04. The summed E-state index contributed by atoms with van der Waals surface area (Å²) in [6.45, 7) is 3.47. The van der Waals surface area contributed by atoms with E-state index in [-0.39, 0.29) is 12.1 Å². The normalized spacial score (nSPS) is 17.8. The summed E-state index contributed by atoms with van der Waals surface area (Å²) < 4.78 is 10.6. The van der Waals surface area contributed by atoms with Crippen LogP contribution in [0.15, 0.2) is 36.7 Å². The highest BCUT2D eigenvalue weighted by molar-refractivity contribution is 5.67. The number of amides is 1. The molecule has 2 heterocycles. The van der Waals surface area contributed by atoms with Gasteiger partial charge in [-0.15, -0.1) is 0 Å². The van der Waals surface area contributed by atoms with Gasteiger partial charge in [0.2, 0.25) is 5.95 Å². The van der Waals surface area contributed by atoms with Crippen LogP contribution in [0.3, 0.4) is 0 Å². The quantitative estimate of drug-likeness (QED) is 0.845. The fourth-order valence-corrected chi connectivity index (χ4v) is 3.14. The first-order valence-corrected chi connectivity index (χ1v) is 9.30. The van der Waals surface area contributed by atoms with E-state index in [1.807, 2.05) is 43.6 Å². The Morgan fingerprint density at radius 3 is 2.44 bits per heavy atom. The van der Waals surface area contributed by atoms with Gasteiger partial charge in [0.05, 0.1) is 26.2 Å². The molecule has 142 valence electrons. The number of hydrogen-bond donors (Lipinski definition) is 1. The fraction of sp³-hybridized carbons (Fsp3) is 0.450. The van der Waals surface area contributed by atoms with Gasteiger partial charge in [0.25, 0.3) is 0 Å². The van der Waals surface area contributed by atoms with Crippen molar-refractivity contribution >= 4 is 12.0 Å². The van der Waals surface area contributed by atoms with Gasteiger partial charge in [-0.2, -0.15) is 0 Å². The van der Waals surface area contributed by atoms with Crippen LogP contribution in [0.2, 0.25) is 0 Å². The van der Waals surface area contributed by atoms with Gasteiger partial charge < -0.3 is 19.7 Å². The standard InChI is InChI=1S/C20H24N4O3/c1-13(23-20(25)26-2)14-5-7-17(8-6-14)27-18-11-24(12-18)19-21-9-16(10-22-19)15-3-4-15/h5-10,13,15,18H,3-4,11-12H2,1-2H3,(H,23,25)/t13-/m0/s1. The molecule has 7 heteroatoms. The Bertz CT molecular complexity index is 784. The van der Waals surface area contributed by atoms with Gasteiger partial charge in [-0.3, -0.25) is 0 Å². The SMILES string of the molecule is COC(=O)N[C@@H](C)c1ccc(OC2CN(c3ncc(C4CC4)cn3)C2)cc1. The number of methoxy groups -OCH3 is 1. The first-order valence-electron chi connectivity index (χ1n) is 9.30. The van der Waals surface area contributed by atoms with E-state index < -0.39 is 6.09 Å². The van der Waals surface area contributed by atoms with Crippen molar-refractivity contribution in [2.24, 2.45) is 0 Å². The summed E-state index contributed by atoms with van der Waals surface area (Å²) in [6, 6.07) is 7.63. The molecule has 4 rings (SSSR count). The molecule has 1 saturated carbocycles. The van der Waals surface area contributed by atoms with Crippen LogP contribution in [0, 0.1) is 0 Å². The summed E-state index contributed by atoms with van der Waals surface area (Å²) in [4.78, 5) is 22.4. The van der Waals surface area contributed by atoms with Gasteiger partial charge in [-0.25, -0.2) is 14.8 Å². The second-order valence-electron chi connectivity index (χ2n) is 7.16. The summed E-state index contributed by atoms with van der Waals surface area (Å²) in [5.74, 6) is 2.27. The molecule has 0 radical (unpaired) electrons. The molecule has 2 fully saturated rings. The molecular weight excluding hydrogens is 344 g/mol. The number of carbonyl (C=O) groups excluding carboxylic acids is 1. The zero-order chi connectivity index (χ0) is 18.8. The molecule has 7 nitrogen and oxygen atoms in total. The number of ether oxygens (including phenoxy) is 2. The van der Waals surface area contributed by atoms with E-state index in [2.05, 4.69) is 24.9 Å². The van der Waals surface area contributed by atoms with E-state index in [9.17, 15) is 4.79 Å². The first kappa shape index (κ1) is 17.6. The van der Waals surface area contributed by atoms with Crippen molar-refractivity contribution in [3.63, 3.8) is 0 Å². The lowest BCUT2D eigenvalue weighted by Gasteiger charge is -2.38. The lowest BCUT2D eigenvalue weighted by atomic mass is 10.1. The number of aromatic nitrogens is 2. The van der Waals surface area contributed by atoms with Crippen LogP contribution in [0.25, 0.3) is 0 Å². The molecule has 0 bridgehead atoms. The molecule has 1 aliphatic carbocycles. The third-order valence-corrected chi connectivity index (χ3v) is 5.04. The monoisotopic (exact) mass is 368 g/mol. The lowest BCUT2D eigenvalue weighted by Crippen LogP contribution is -2.54. The average Bonchev–Trinajstić information content (AvgIpc) is 3.50. The molecule has 1 aromatic heterocycles. The summed E-state index contributed by atoms with van der Waals surface area (Å²) in [5.41, 5.74) is 2.25. The molecule has 2 aliphatic rings. The Hall–Kier alpha value is -2.83. The van der Waals surface area contributed by atoms with Crippen molar-refractivity contribution in [2.75, 3.05) is 25.1 Å². The van der Waals surface area contributed by atoms with Crippen molar-refractivity contribution in [1.82, 2.24) is 15.3 Å². The number of benzene rings is 1. The minimum Gasteiger partial charge on any atom is -0.487 e. The summed E-state index contributed by atoms with van der Waals surface area (Å²) >= 11 is 0. The van der Waals surface area contributed by atoms with Crippen LogP contribution in [-0.2, 0) is 4.74 Å². The third-order valence-electron chi connectivity index (χ3n) is 5.04. The van der Waals surface area contributed by atoms with E-state index in [0.717, 1.165) is 30.4 Å². The molecule has 1 aromatic carbocycles. The zero-order valence-corrected chi connectivity index (χ0v) is 15.6. The molecule has 1 saturated heterocycles. The topological polar surface area (TPSA) is 76.6 Å². The number of anilines is 1. The second kappa shape index (κ2) is 7.42. The van der Waals surface area contributed by atoms with Crippen molar-refractivity contribution < 1.29 is 14.3 Å². The van der Waals surface area contributed by atoms with Crippen molar-refractivity contribution in [3.8, 4) is 5.75 Å². The summed E-state index contributed by atoms with van der Waals surface area (Å²) in [7, 11) is 1.35. The number of nitrogens with one attached hydrogen (secondary N) is 1. The van der Waals surface area contributed by atoms with Gasteiger partial charge in [0, 0.05) is 12.4 Å². The largest absolute Gasteiger partial charge is 0.487 e. The van der Waals surface area contributed by atoms with Crippen LogP contribution in [-0.4, -0.2) is 42.4 Å². The highest BCUT2D eigenvalue weighted by Gasteiger charge is 2.31. The van der Waals surface area contributed by atoms with E-state index in [4.69, 9.17) is 4.74 Å².